The number of H-pyrrole nitrogens is 1. The Labute approximate surface area is 206 Å². The molecule has 1 atom stereocenters. The van der Waals surface area contributed by atoms with Gasteiger partial charge in [0.25, 0.3) is 0 Å². The van der Waals surface area contributed by atoms with Gasteiger partial charge in [0.2, 0.25) is 5.91 Å². The van der Waals surface area contributed by atoms with Gasteiger partial charge in [0.05, 0.1) is 12.1 Å². The van der Waals surface area contributed by atoms with Gasteiger partial charge in [-0.05, 0) is 51.7 Å². The number of nitrogens with one attached hydrogen (secondary N) is 1. The van der Waals surface area contributed by atoms with Crippen LogP contribution in [0, 0.1) is 5.92 Å². The van der Waals surface area contributed by atoms with E-state index in [9.17, 15) is 19.5 Å². The van der Waals surface area contributed by atoms with Crippen LogP contribution in [0.1, 0.15) is 35.2 Å². The van der Waals surface area contributed by atoms with Crippen molar-refractivity contribution in [3.63, 3.8) is 0 Å². The number of carboxylic acids is 1. The van der Waals surface area contributed by atoms with Crippen LogP contribution in [0.5, 0.6) is 0 Å². The Morgan fingerprint density at radius 1 is 1.00 bits per heavy atom. The van der Waals surface area contributed by atoms with Crippen LogP contribution in [0.3, 0.4) is 0 Å². The lowest BCUT2D eigenvalue weighted by Crippen LogP contribution is -2.35. The van der Waals surface area contributed by atoms with Crippen LogP contribution in [-0.4, -0.2) is 43.4 Å². The highest BCUT2D eigenvalue weighted by molar-refractivity contribution is 6.00. The number of Topliss-reactive ketones (excluding diaryl/α,β-unsaturated/α-hetero) is 1. The van der Waals surface area contributed by atoms with Gasteiger partial charge in [0, 0.05) is 30.0 Å². The van der Waals surface area contributed by atoms with E-state index in [4.69, 9.17) is 0 Å². The second-order valence-electron chi connectivity index (χ2n) is 8.75. The van der Waals surface area contributed by atoms with E-state index in [2.05, 4.69) is 20.6 Å². The smallest absolute Gasteiger partial charge is 0.335 e. The molecule has 3 aromatic carbocycles. The van der Waals surface area contributed by atoms with E-state index < -0.39 is 11.9 Å². The van der Waals surface area contributed by atoms with Gasteiger partial charge in [-0.3, -0.25) is 9.59 Å². The van der Waals surface area contributed by atoms with Crippen LogP contribution in [0.4, 0.5) is 5.69 Å². The van der Waals surface area contributed by atoms with Gasteiger partial charge in [-0.2, -0.15) is 0 Å². The standard InChI is InChI=1S/C27H23N5O4/c33-22-13-12-19(15-22)26(34)32(21-5-3-4-20(14-21)27(35)36)16-17-8-10-18(11-9-17)23-6-1-2-7-24(23)25-28-30-31-29-25/h1-11,14,19H,12-13,15-16H2,(H,35,36)(H,28,29,30,31). The minimum Gasteiger partial charge on any atom is -0.478 e. The highest BCUT2D eigenvalue weighted by Gasteiger charge is 2.32. The fourth-order valence-corrected chi connectivity index (χ4v) is 4.54. The first-order chi connectivity index (χ1) is 17.5. The Hall–Kier alpha value is -4.66. The lowest BCUT2D eigenvalue weighted by molar-refractivity contribution is -0.124. The number of anilines is 1. The number of hydrogen-bond donors (Lipinski definition) is 2. The number of rotatable bonds is 7. The molecule has 0 spiro atoms. The number of carbonyl (C=O) groups excluding carboxylic acids is 2. The molecule has 4 aromatic rings. The molecule has 1 amide bonds. The molecule has 1 aliphatic carbocycles. The fraction of sp³-hybridized carbons (Fsp3) is 0.185. The second kappa shape index (κ2) is 9.91. The van der Waals surface area contributed by atoms with Crippen LogP contribution in [-0.2, 0) is 16.1 Å². The van der Waals surface area contributed by atoms with E-state index in [1.165, 1.54) is 12.1 Å². The average molecular weight is 482 g/mol. The van der Waals surface area contributed by atoms with Crippen molar-refractivity contribution in [2.24, 2.45) is 5.92 Å². The monoisotopic (exact) mass is 481 g/mol. The minimum absolute atomic E-state index is 0.0811. The number of ketones is 1. The van der Waals surface area contributed by atoms with E-state index >= 15 is 0 Å². The zero-order valence-corrected chi connectivity index (χ0v) is 19.3. The molecule has 2 N–H and O–H groups in total. The molecule has 36 heavy (non-hydrogen) atoms. The van der Waals surface area contributed by atoms with Crippen molar-refractivity contribution in [2.75, 3.05) is 4.90 Å². The summed E-state index contributed by atoms with van der Waals surface area (Å²) in [7, 11) is 0. The number of aromatic carboxylic acids is 1. The average Bonchev–Trinajstić information content (AvgIpc) is 3.60. The normalized spacial score (nSPS) is 15.1. The summed E-state index contributed by atoms with van der Waals surface area (Å²) in [6.45, 7) is 0.251. The molecule has 0 radical (unpaired) electrons. The number of aromatic amines is 1. The first-order valence-electron chi connectivity index (χ1n) is 11.6. The van der Waals surface area contributed by atoms with E-state index in [-0.39, 0.29) is 30.2 Å². The van der Waals surface area contributed by atoms with Crippen molar-refractivity contribution in [3.05, 3.63) is 83.9 Å². The van der Waals surface area contributed by atoms with E-state index in [0.717, 1.165) is 22.3 Å². The Balaban J connectivity index is 1.45. The summed E-state index contributed by atoms with van der Waals surface area (Å²) in [4.78, 5) is 38.4. The topological polar surface area (TPSA) is 129 Å². The summed E-state index contributed by atoms with van der Waals surface area (Å²) < 4.78 is 0. The van der Waals surface area contributed by atoms with Crippen molar-refractivity contribution in [3.8, 4) is 22.5 Å². The SMILES string of the molecule is O=C1CCC(C(=O)N(Cc2ccc(-c3ccccc3-c3nnn[nH]3)cc2)c2cccc(C(=O)O)c2)C1. The summed E-state index contributed by atoms with van der Waals surface area (Å²) in [6.07, 6.45) is 1.13. The van der Waals surface area contributed by atoms with Crippen molar-refractivity contribution < 1.29 is 19.5 Å². The Kier molecular flexibility index (Phi) is 6.36. The summed E-state index contributed by atoms with van der Waals surface area (Å²) in [5.74, 6) is -0.984. The Morgan fingerprint density at radius 2 is 1.78 bits per heavy atom. The second-order valence-corrected chi connectivity index (χ2v) is 8.75. The number of carboxylic acid groups (broad SMARTS) is 1. The van der Waals surface area contributed by atoms with Gasteiger partial charge in [-0.25, -0.2) is 9.89 Å². The maximum atomic E-state index is 13.4. The van der Waals surface area contributed by atoms with Gasteiger partial charge in [0.1, 0.15) is 5.78 Å². The maximum absolute atomic E-state index is 13.4. The number of tetrazole rings is 1. The lowest BCUT2D eigenvalue weighted by Gasteiger charge is -2.26. The highest BCUT2D eigenvalue weighted by atomic mass is 16.4. The molecule has 0 bridgehead atoms. The van der Waals surface area contributed by atoms with E-state index in [1.807, 2.05) is 48.5 Å². The third-order valence-electron chi connectivity index (χ3n) is 6.40. The van der Waals surface area contributed by atoms with Crippen molar-refractivity contribution >= 4 is 23.3 Å². The van der Waals surface area contributed by atoms with Crippen molar-refractivity contribution in [2.45, 2.75) is 25.8 Å². The molecule has 1 aromatic heterocycles. The maximum Gasteiger partial charge on any atom is 0.335 e. The van der Waals surface area contributed by atoms with Crippen LogP contribution >= 0.6 is 0 Å². The molecule has 1 aliphatic rings. The number of amides is 1. The molecule has 1 fully saturated rings. The first-order valence-corrected chi connectivity index (χ1v) is 11.6. The predicted molar refractivity (Wildman–Crippen MR) is 132 cm³/mol. The quantitative estimate of drug-likeness (QED) is 0.406. The Bertz CT molecular complexity index is 1420. The zero-order valence-electron chi connectivity index (χ0n) is 19.3. The van der Waals surface area contributed by atoms with Gasteiger partial charge in [-0.1, -0.05) is 54.6 Å². The number of hydrogen-bond acceptors (Lipinski definition) is 6. The van der Waals surface area contributed by atoms with Crippen LogP contribution < -0.4 is 4.90 Å². The molecule has 1 unspecified atom stereocenters. The summed E-state index contributed by atoms with van der Waals surface area (Å²) >= 11 is 0. The van der Waals surface area contributed by atoms with Gasteiger partial charge in [-0.15, -0.1) is 5.10 Å². The molecule has 0 saturated heterocycles. The molecular formula is C27H23N5O4. The minimum atomic E-state index is -1.06. The molecular weight excluding hydrogens is 458 g/mol. The molecule has 0 aliphatic heterocycles. The zero-order chi connectivity index (χ0) is 25.1. The number of nitrogens with zero attached hydrogens (tertiary/aromatic N) is 4. The lowest BCUT2D eigenvalue weighted by atomic mass is 9.98. The fourth-order valence-electron chi connectivity index (χ4n) is 4.54. The predicted octanol–water partition coefficient (Wildman–Crippen LogP) is 4.13. The van der Waals surface area contributed by atoms with Crippen molar-refractivity contribution in [1.29, 1.82) is 0 Å². The number of benzene rings is 3. The Morgan fingerprint density at radius 3 is 2.44 bits per heavy atom. The molecule has 1 heterocycles. The molecule has 1 saturated carbocycles. The first kappa shape index (κ1) is 23.1. The van der Waals surface area contributed by atoms with Crippen LogP contribution in [0.2, 0.25) is 0 Å². The third-order valence-corrected chi connectivity index (χ3v) is 6.40. The van der Waals surface area contributed by atoms with Gasteiger partial charge < -0.3 is 10.0 Å². The number of carbonyl (C=O) groups is 3. The molecule has 180 valence electrons. The summed E-state index contributed by atoms with van der Waals surface area (Å²) in [5.41, 5.74) is 4.24. The van der Waals surface area contributed by atoms with Crippen molar-refractivity contribution in [1.82, 2.24) is 20.6 Å². The molecule has 5 rings (SSSR count). The molecule has 9 heteroatoms. The third kappa shape index (κ3) is 4.76. The van der Waals surface area contributed by atoms with Crippen LogP contribution in [0.15, 0.2) is 72.8 Å². The summed E-state index contributed by atoms with van der Waals surface area (Å²) in [5, 5.41) is 23.6. The summed E-state index contributed by atoms with van der Waals surface area (Å²) in [6, 6.07) is 21.9. The van der Waals surface area contributed by atoms with Gasteiger partial charge >= 0.3 is 5.97 Å². The van der Waals surface area contributed by atoms with E-state index in [0.29, 0.717) is 24.4 Å². The highest BCUT2D eigenvalue weighted by Crippen LogP contribution is 2.31. The largest absolute Gasteiger partial charge is 0.478 e. The molecule has 9 nitrogen and oxygen atoms in total. The number of aromatic nitrogens is 4. The van der Waals surface area contributed by atoms with Crippen LogP contribution in [0.25, 0.3) is 22.5 Å². The van der Waals surface area contributed by atoms with E-state index in [1.54, 1.807) is 17.0 Å². The van der Waals surface area contributed by atoms with Gasteiger partial charge in [0.15, 0.2) is 5.82 Å².